The van der Waals surface area contributed by atoms with Crippen LogP contribution in [-0.2, 0) is 11.2 Å². The van der Waals surface area contributed by atoms with Crippen molar-refractivity contribution in [3.8, 4) is 0 Å². The molecule has 0 radical (unpaired) electrons. The average molecular weight is 237 g/mol. The molecule has 0 unspecified atom stereocenters. The van der Waals surface area contributed by atoms with Gasteiger partial charge in [-0.05, 0) is 5.56 Å². The van der Waals surface area contributed by atoms with Crippen molar-refractivity contribution in [3.63, 3.8) is 0 Å². The summed E-state index contributed by atoms with van der Waals surface area (Å²) in [7, 11) is 0. The Kier molecular flexibility index (Phi) is 4.72. The number of nitro benzene ring substituents is 1. The molecule has 0 saturated carbocycles. The Morgan fingerprint density at radius 1 is 1.56 bits per heavy atom. The molecule has 0 aromatic heterocycles. The van der Waals surface area contributed by atoms with Crippen LogP contribution in [0.2, 0.25) is 0 Å². The Labute approximate surface area is 97.5 Å². The average Bonchev–Trinajstić information content (AvgIpc) is 2.26. The number of hydrogen-bond acceptors (Lipinski definition) is 4. The van der Waals surface area contributed by atoms with Crippen LogP contribution in [0.3, 0.4) is 0 Å². The maximum Gasteiger partial charge on any atom is 0.269 e. The third kappa shape index (κ3) is 3.86. The van der Waals surface area contributed by atoms with Crippen LogP contribution in [0.25, 0.3) is 0 Å². The molecule has 0 spiro atoms. The van der Waals surface area contributed by atoms with Crippen molar-refractivity contribution in [2.45, 2.75) is 6.42 Å². The fourth-order valence-electron chi connectivity index (χ4n) is 1.15. The molecule has 0 aliphatic carbocycles. The van der Waals surface area contributed by atoms with Crippen LogP contribution in [0, 0.1) is 10.1 Å². The molecule has 1 rings (SSSR count). The molecule has 0 atom stereocenters. The van der Waals surface area contributed by atoms with Gasteiger partial charge in [-0.15, -0.1) is 6.58 Å². The maximum absolute atomic E-state index is 11.4. The lowest BCUT2D eigenvalue weighted by molar-refractivity contribution is -0.384. The Bertz CT molecular complexity index is 417. The Morgan fingerprint density at radius 3 is 2.94 bits per heavy atom. The van der Waals surface area contributed by atoms with Crippen LogP contribution < -0.4 is 0 Å². The van der Waals surface area contributed by atoms with E-state index in [1.165, 1.54) is 12.1 Å². The summed E-state index contributed by atoms with van der Waals surface area (Å²) >= 11 is 1.16. The summed E-state index contributed by atoms with van der Waals surface area (Å²) in [6.45, 7) is 3.51. The minimum absolute atomic E-state index is 0.0130. The van der Waals surface area contributed by atoms with E-state index in [9.17, 15) is 14.9 Å². The number of benzene rings is 1. The summed E-state index contributed by atoms with van der Waals surface area (Å²) in [6, 6.07) is 6.12. The third-order valence-corrected chi connectivity index (χ3v) is 2.70. The smallest absolute Gasteiger partial charge is 0.269 e. The van der Waals surface area contributed by atoms with E-state index in [0.29, 0.717) is 11.3 Å². The van der Waals surface area contributed by atoms with Crippen molar-refractivity contribution in [1.82, 2.24) is 0 Å². The van der Waals surface area contributed by atoms with Gasteiger partial charge in [-0.3, -0.25) is 14.9 Å². The second kappa shape index (κ2) is 6.07. The van der Waals surface area contributed by atoms with E-state index < -0.39 is 4.92 Å². The molecule has 4 nitrogen and oxygen atoms in total. The molecule has 0 bridgehead atoms. The van der Waals surface area contributed by atoms with Crippen LogP contribution in [0.5, 0.6) is 0 Å². The highest BCUT2D eigenvalue weighted by atomic mass is 32.2. The van der Waals surface area contributed by atoms with Gasteiger partial charge in [0.1, 0.15) is 0 Å². The molecular weight excluding hydrogens is 226 g/mol. The largest absolute Gasteiger partial charge is 0.287 e. The Morgan fingerprint density at radius 2 is 2.31 bits per heavy atom. The molecule has 0 fully saturated rings. The maximum atomic E-state index is 11.4. The zero-order valence-electron chi connectivity index (χ0n) is 8.59. The van der Waals surface area contributed by atoms with Crippen molar-refractivity contribution in [2.24, 2.45) is 0 Å². The first-order valence-corrected chi connectivity index (χ1v) is 5.62. The molecular formula is C11H11NO3S. The van der Waals surface area contributed by atoms with Crippen LogP contribution in [0.1, 0.15) is 5.56 Å². The molecule has 16 heavy (non-hydrogen) atoms. The van der Waals surface area contributed by atoms with Crippen LogP contribution in [-0.4, -0.2) is 15.8 Å². The first-order chi connectivity index (χ1) is 7.63. The summed E-state index contributed by atoms with van der Waals surface area (Å²) in [5.41, 5.74) is 0.676. The van der Waals surface area contributed by atoms with E-state index in [1.807, 2.05) is 0 Å². The van der Waals surface area contributed by atoms with Gasteiger partial charge in [0.15, 0.2) is 5.12 Å². The predicted octanol–water partition coefficient (Wildman–Crippen LogP) is 2.58. The number of nitro groups is 1. The van der Waals surface area contributed by atoms with Gasteiger partial charge in [-0.2, -0.15) is 0 Å². The monoisotopic (exact) mass is 237 g/mol. The van der Waals surface area contributed by atoms with Gasteiger partial charge in [0.25, 0.3) is 5.69 Å². The summed E-state index contributed by atoms with van der Waals surface area (Å²) in [4.78, 5) is 21.4. The molecule has 0 amide bonds. The van der Waals surface area contributed by atoms with Gasteiger partial charge < -0.3 is 0 Å². The highest BCUT2D eigenvalue weighted by Gasteiger charge is 2.08. The van der Waals surface area contributed by atoms with E-state index >= 15 is 0 Å². The van der Waals surface area contributed by atoms with Gasteiger partial charge in [0.2, 0.25) is 0 Å². The van der Waals surface area contributed by atoms with E-state index in [0.717, 1.165) is 11.8 Å². The highest BCUT2D eigenvalue weighted by Crippen LogP contribution is 2.15. The molecule has 5 heteroatoms. The minimum atomic E-state index is -0.467. The van der Waals surface area contributed by atoms with E-state index in [1.54, 1.807) is 18.2 Å². The quantitative estimate of drug-likeness (QED) is 0.448. The van der Waals surface area contributed by atoms with Crippen LogP contribution >= 0.6 is 11.8 Å². The number of carbonyl (C=O) groups is 1. The van der Waals surface area contributed by atoms with Crippen molar-refractivity contribution in [2.75, 3.05) is 5.75 Å². The van der Waals surface area contributed by atoms with Gasteiger partial charge in [-0.1, -0.05) is 30.0 Å². The van der Waals surface area contributed by atoms with Crippen molar-refractivity contribution in [1.29, 1.82) is 0 Å². The fourth-order valence-corrected chi connectivity index (χ4v) is 1.72. The zero-order chi connectivity index (χ0) is 12.0. The summed E-state index contributed by atoms with van der Waals surface area (Å²) in [5, 5.41) is 10.5. The summed E-state index contributed by atoms with van der Waals surface area (Å²) in [5.74, 6) is 0.563. The highest BCUT2D eigenvalue weighted by molar-refractivity contribution is 8.13. The lowest BCUT2D eigenvalue weighted by atomic mass is 10.1. The number of carbonyl (C=O) groups excluding carboxylic acids is 1. The topological polar surface area (TPSA) is 60.2 Å². The van der Waals surface area contributed by atoms with Crippen molar-refractivity contribution in [3.05, 3.63) is 52.6 Å². The van der Waals surface area contributed by atoms with Crippen LogP contribution in [0.15, 0.2) is 36.9 Å². The molecule has 0 aliphatic rings. The number of non-ortho nitro benzene ring substituents is 1. The normalized spacial score (nSPS) is 9.75. The second-order valence-electron chi connectivity index (χ2n) is 3.08. The summed E-state index contributed by atoms with van der Waals surface area (Å²) < 4.78 is 0. The second-order valence-corrected chi connectivity index (χ2v) is 4.15. The first kappa shape index (κ1) is 12.4. The minimum Gasteiger partial charge on any atom is -0.287 e. The number of hydrogen-bond donors (Lipinski definition) is 0. The number of nitrogens with zero attached hydrogens (tertiary/aromatic N) is 1. The third-order valence-electron chi connectivity index (χ3n) is 1.83. The molecule has 84 valence electrons. The Balaban J connectivity index is 2.66. The molecule has 0 N–H and O–H groups in total. The standard InChI is InChI=1S/C11H11NO3S/c1-2-6-16-11(13)8-9-4-3-5-10(7-9)12(14)15/h2-5,7H,1,6,8H2. The lowest BCUT2D eigenvalue weighted by Gasteiger charge is -1.99. The van der Waals surface area contributed by atoms with Gasteiger partial charge in [-0.25, -0.2) is 0 Å². The molecule has 0 heterocycles. The molecule has 1 aromatic carbocycles. The lowest BCUT2D eigenvalue weighted by Crippen LogP contribution is -1.99. The van der Waals surface area contributed by atoms with Gasteiger partial charge in [0, 0.05) is 24.3 Å². The fraction of sp³-hybridized carbons (Fsp3) is 0.182. The van der Waals surface area contributed by atoms with Gasteiger partial charge in [0.05, 0.1) is 4.92 Å². The number of thioether (sulfide) groups is 1. The van der Waals surface area contributed by atoms with Crippen molar-refractivity contribution >= 4 is 22.6 Å². The van der Waals surface area contributed by atoms with E-state index in [2.05, 4.69) is 6.58 Å². The van der Waals surface area contributed by atoms with E-state index in [4.69, 9.17) is 0 Å². The SMILES string of the molecule is C=CCSC(=O)Cc1cccc([N+](=O)[O-])c1. The molecule has 0 saturated heterocycles. The first-order valence-electron chi connectivity index (χ1n) is 4.63. The molecule has 1 aromatic rings. The van der Waals surface area contributed by atoms with Crippen LogP contribution in [0.4, 0.5) is 5.69 Å². The van der Waals surface area contributed by atoms with Crippen molar-refractivity contribution < 1.29 is 9.72 Å². The summed E-state index contributed by atoms with van der Waals surface area (Å²) in [6.07, 6.45) is 1.86. The molecule has 0 aliphatic heterocycles. The van der Waals surface area contributed by atoms with E-state index in [-0.39, 0.29) is 17.2 Å². The zero-order valence-corrected chi connectivity index (χ0v) is 9.40. The predicted molar refractivity (Wildman–Crippen MR) is 64.5 cm³/mol. The Hall–Kier alpha value is -1.62. The van der Waals surface area contributed by atoms with Gasteiger partial charge >= 0.3 is 0 Å². The number of rotatable bonds is 5.